The Kier molecular flexibility index (Phi) is 31.7. The Labute approximate surface area is 260 Å². The zero-order valence-corrected chi connectivity index (χ0v) is 29.3. The first-order valence-corrected chi connectivity index (χ1v) is 21.5. The summed E-state index contributed by atoms with van der Waals surface area (Å²) in [5.41, 5.74) is 0. The summed E-state index contributed by atoms with van der Waals surface area (Å²) >= 11 is 0. The second-order valence-corrected chi connectivity index (χ2v) is 16.2. The summed E-state index contributed by atoms with van der Waals surface area (Å²) in [5.74, 6) is 1.54. The maximum absolute atomic E-state index is 12.1. The fraction of sp³-hybridized carbons (Fsp3) is 1.00. The summed E-state index contributed by atoms with van der Waals surface area (Å²) in [6, 6.07) is 0. The van der Waals surface area contributed by atoms with Crippen LogP contribution in [0.2, 0.25) is 0 Å². The molecule has 9 heteroatoms. The Morgan fingerprint density at radius 2 is 0.634 bits per heavy atom. The highest BCUT2D eigenvalue weighted by Crippen LogP contribution is 2.13. The fourth-order valence-corrected chi connectivity index (χ4v) is 7.76. The van der Waals surface area contributed by atoms with Crippen molar-refractivity contribution in [3.63, 3.8) is 0 Å². The molecule has 0 aliphatic carbocycles. The number of hydrogen-bond donors (Lipinski definition) is 0. The first kappa shape index (κ1) is 41.2. The standard InChI is InChI=1S/C32H66O6S3/c1-3-5-7-9-11-13-15-17-19-21-23-25-29-39(33)31-27-37-41(35,36)38-28-32-40(34)30-26-24-22-20-18-16-14-12-10-8-6-4-2/h3-32H2,1-2H3. The lowest BCUT2D eigenvalue weighted by molar-refractivity contribution is 0.233. The maximum Gasteiger partial charge on any atom is 0.399 e. The minimum Gasteiger partial charge on any atom is -0.259 e. The van der Waals surface area contributed by atoms with Crippen molar-refractivity contribution in [3.8, 4) is 0 Å². The van der Waals surface area contributed by atoms with Crippen molar-refractivity contribution < 1.29 is 25.2 Å². The van der Waals surface area contributed by atoms with Gasteiger partial charge in [0, 0.05) is 44.6 Å². The van der Waals surface area contributed by atoms with E-state index in [0.29, 0.717) is 11.5 Å². The SMILES string of the molecule is CCCCCCCCCCCCCCS(=O)CCOS(=O)(=O)OCCS(=O)CCCCCCCCCCCCCC. The van der Waals surface area contributed by atoms with E-state index in [0.717, 1.165) is 25.7 Å². The van der Waals surface area contributed by atoms with E-state index >= 15 is 0 Å². The van der Waals surface area contributed by atoms with Gasteiger partial charge in [-0.05, 0) is 12.8 Å². The van der Waals surface area contributed by atoms with Crippen LogP contribution in [0.4, 0.5) is 0 Å². The molecule has 41 heavy (non-hydrogen) atoms. The van der Waals surface area contributed by atoms with Crippen LogP contribution in [-0.2, 0) is 40.4 Å². The largest absolute Gasteiger partial charge is 0.399 e. The van der Waals surface area contributed by atoms with Crippen LogP contribution in [0.3, 0.4) is 0 Å². The van der Waals surface area contributed by atoms with E-state index in [2.05, 4.69) is 13.8 Å². The molecule has 248 valence electrons. The van der Waals surface area contributed by atoms with Gasteiger partial charge in [0.05, 0.1) is 13.2 Å². The van der Waals surface area contributed by atoms with E-state index in [1.54, 1.807) is 0 Å². The molecule has 0 aromatic carbocycles. The van der Waals surface area contributed by atoms with E-state index in [1.165, 1.54) is 128 Å². The average molecular weight is 643 g/mol. The van der Waals surface area contributed by atoms with Crippen LogP contribution in [-0.4, -0.2) is 53.1 Å². The highest BCUT2D eigenvalue weighted by Gasteiger charge is 2.14. The normalized spacial score (nSPS) is 13.5. The zero-order chi connectivity index (χ0) is 30.3. The molecule has 0 amide bonds. The zero-order valence-electron chi connectivity index (χ0n) is 26.9. The molecule has 0 saturated carbocycles. The first-order chi connectivity index (χ1) is 19.9. The molecule has 0 saturated heterocycles. The smallest absolute Gasteiger partial charge is 0.259 e. The Morgan fingerprint density at radius 3 is 0.902 bits per heavy atom. The Hall–Kier alpha value is 0.170. The maximum atomic E-state index is 12.1. The molecule has 0 heterocycles. The molecule has 0 fully saturated rings. The molecule has 0 aliphatic heterocycles. The van der Waals surface area contributed by atoms with Crippen molar-refractivity contribution in [2.75, 3.05) is 36.2 Å². The molecule has 0 aromatic rings. The molecule has 0 radical (unpaired) electrons. The molecule has 0 aromatic heterocycles. The number of rotatable bonds is 34. The van der Waals surface area contributed by atoms with Crippen molar-refractivity contribution in [2.45, 2.75) is 168 Å². The molecule has 2 atom stereocenters. The van der Waals surface area contributed by atoms with Gasteiger partial charge in [-0.3, -0.25) is 8.42 Å². The first-order valence-electron chi connectivity index (χ1n) is 17.1. The Morgan fingerprint density at radius 1 is 0.390 bits per heavy atom. The molecule has 0 aliphatic rings. The van der Waals surface area contributed by atoms with Crippen molar-refractivity contribution in [1.29, 1.82) is 0 Å². The Balaban J connectivity index is 3.53. The third-order valence-corrected chi connectivity index (χ3v) is 11.2. The van der Waals surface area contributed by atoms with Gasteiger partial charge in [0.25, 0.3) is 0 Å². The van der Waals surface area contributed by atoms with Gasteiger partial charge in [-0.25, -0.2) is 8.37 Å². The van der Waals surface area contributed by atoms with Crippen LogP contribution < -0.4 is 0 Å². The van der Waals surface area contributed by atoms with E-state index in [1.807, 2.05) is 0 Å². The van der Waals surface area contributed by atoms with Gasteiger partial charge in [0.15, 0.2) is 0 Å². The molecule has 0 bridgehead atoms. The Bertz CT molecular complexity index is 648. The summed E-state index contributed by atoms with van der Waals surface area (Å²) in [4.78, 5) is 0. The predicted molar refractivity (Wildman–Crippen MR) is 179 cm³/mol. The lowest BCUT2D eigenvalue weighted by Crippen LogP contribution is -2.18. The van der Waals surface area contributed by atoms with E-state index < -0.39 is 32.0 Å². The summed E-state index contributed by atoms with van der Waals surface area (Å²) in [6.45, 7) is 4.21. The second-order valence-electron chi connectivity index (χ2n) is 11.5. The molecule has 6 nitrogen and oxygen atoms in total. The third-order valence-electron chi connectivity index (χ3n) is 7.53. The molecule has 0 N–H and O–H groups in total. The fourth-order valence-electron chi connectivity index (χ4n) is 4.90. The van der Waals surface area contributed by atoms with Crippen LogP contribution in [0.15, 0.2) is 0 Å². The quantitative estimate of drug-likeness (QED) is 0.0651. The highest BCUT2D eigenvalue weighted by atomic mass is 32.3. The second kappa shape index (κ2) is 31.6. The van der Waals surface area contributed by atoms with Gasteiger partial charge in [-0.15, -0.1) is 0 Å². The molecular formula is C32H66O6S3. The van der Waals surface area contributed by atoms with Crippen LogP contribution in [0.25, 0.3) is 0 Å². The summed E-state index contributed by atoms with van der Waals surface area (Å²) in [5, 5.41) is 0. The molecular weight excluding hydrogens is 577 g/mol. The van der Waals surface area contributed by atoms with Crippen molar-refractivity contribution in [2.24, 2.45) is 0 Å². The third kappa shape index (κ3) is 32.9. The van der Waals surface area contributed by atoms with Gasteiger partial charge in [-0.1, -0.05) is 155 Å². The van der Waals surface area contributed by atoms with E-state index in [-0.39, 0.29) is 24.7 Å². The molecule has 0 rings (SSSR count). The highest BCUT2D eigenvalue weighted by molar-refractivity contribution is 7.85. The summed E-state index contributed by atoms with van der Waals surface area (Å²) < 4.78 is 57.7. The van der Waals surface area contributed by atoms with Crippen LogP contribution >= 0.6 is 0 Å². The monoisotopic (exact) mass is 642 g/mol. The van der Waals surface area contributed by atoms with E-state index in [4.69, 9.17) is 8.37 Å². The average Bonchev–Trinajstić information content (AvgIpc) is 2.94. The summed E-state index contributed by atoms with van der Waals surface area (Å²) in [6.07, 6.45) is 30.2. The van der Waals surface area contributed by atoms with Crippen molar-refractivity contribution >= 4 is 32.0 Å². The van der Waals surface area contributed by atoms with Gasteiger partial charge in [0.1, 0.15) is 0 Å². The number of unbranched alkanes of at least 4 members (excludes halogenated alkanes) is 22. The number of hydrogen-bond acceptors (Lipinski definition) is 6. The minimum atomic E-state index is -4.14. The molecule has 2 unspecified atom stereocenters. The van der Waals surface area contributed by atoms with Crippen LogP contribution in [0.1, 0.15) is 168 Å². The topological polar surface area (TPSA) is 86.7 Å². The van der Waals surface area contributed by atoms with Gasteiger partial charge in [-0.2, -0.15) is 8.42 Å². The van der Waals surface area contributed by atoms with Gasteiger partial charge < -0.3 is 0 Å². The van der Waals surface area contributed by atoms with Gasteiger partial charge in [0.2, 0.25) is 0 Å². The van der Waals surface area contributed by atoms with Crippen LogP contribution in [0, 0.1) is 0 Å². The summed E-state index contributed by atoms with van der Waals surface area (Å²) in [7, 11) is -6.31. The van der Waals surface area contributed by atoms with Crippen molar-refractivity contribution in [3.05, 3.63) is 0 Å². The minimum absolute atomic E-state index is 0.144. The van der Waals surface area contributed by atoms with Crippen molar-refractivity contribution in [1.82, 2.24) is 0 Å². The van der Waals surface area contributed by atoms with E-state index in [9.17, 15) is 16.8 Å². The van der Waals surface area contributed by atoms with Crippen LogP contribution in [0.5, 0.6) is 0 Å². The predicted octanol–water partition coefficient (Wildman–Crippen LogP) is 9.16. The lowest BCUT2D eigenvalue weighted by Gasteiger charge is -2.07. The molecule has 0 spiro atoms. The van der Waals surface area contributed by atoms with Gasteiger partial charge >= 0.3 is 10.4 Å². The lowest BCUT2D eigenvalue weighted by atomic mass is 10.1.